The van der Waals surface area contributed by atoms with Gasteiger partial charge in [0, 0.05) is 17.3 Å². The molecule has 126 valence electrons. The lowest BCUT2D eigenvalue weighted by atomic mass is 10.1. The second kappa shape index (κ2) is 8.01. The van der Waals surface area contributed by atoms with Crippen molar-refractivity contribution in [2.75, 3.05) is 26.6 Å². The molecule has 0 fully saturated rings. The van der Waals surface area contributed by atoms with Gasteiger partial charge in [0.2, 0.25) is 0 Å². The highest BCUT2D eigenvalue weighted by Gasteiger charge is 2.10. The van der Waals surface area contributed by atoms with Crippen LogP contribution in [-0.4, -0.2) is 33.2 Å². The number of anilines is 1. The van der Waals surface area contributed by atoms with Gasteiger partial charge >= 0.3 is 5.97 Å². The standard InChI is InChI=1S/C18H19NO5/c1-22-15-9-13(10-16(11-15)23-2)18(21)19-14-6-4-12(5-7-14)8-17(20)24-3/h4-7,9-11H,8H2,1-3H3,(H,19,21). The Hall–Kier alpha value is -3.02. The van der Waals surface area contributed by atoms with Crippen molar-refractivity contribution in [3.05, 3.63) is 53.6 Å². The van der Waals surface area contributed by atoms with Crippen LogP contribution in [0.5, 0.6) is 11.5 Å². The van der Waals surface area contributed by atoms with Crippen LogP contribution < -0.4 is 14.8 Å². The van der Waals surface area contributed by atoms with E-state index in [0.29, 0.717) is 22.7 Å². The first-order valence-electron chi connectivity index (χ1n) is 7.26. The topological polar surface area (TPSA) is 73.9 Å². The van der Waals surface area contributed by atoms with Crippen molar-refractivity contribution in [1.82, 2.24) is 0 Å². The van der Waals surface area contributed by atoms with E-state index in [4.69, 9.17) is 9.47 Å². The summed E-state index contributed by atoms with van der Waals surface area (Å²) in [4.78, 5) is 23.6. The molecule has 0 atom stereocenters. The summed E-state index contributed by atoms with van der Waals surface area (Å²) in [5.74, 6) is 0.476. The van der Waals surface area contributed by atoms with Gasteiger partial charge in [0.15, 0.2) is 0 Å². The molecule has 2 aromatic carbocycles. The number of carbonyl (C=O) groups excluding carboxylic acids is 2. The number of esters is 1. The number of nitrogens with one attached hydrogen (secondary N) is 1. The number of methoxy groups -OCH3 is 3. The summed E-state index contributed by atoms with van der Waals surface area (Å²) in [6.45, 7) is 0. The molecule has 0 aromatic heterocycles. The molecule has 0 saturated carbocycles. The third kappa shape index (κ3) is 4.49. The molecule has 0 saturated heterocycles. The molecular formula is C18H19NO5. The molecule has 0 aliphatic heterocycles. The second-order valence-electron chi connectivity index (χ2n) is 5.01. The molecule has 0 heterocycles. The van der Waals surface area contributed by atoms with E-state index in [0.717, 1.165) is 5.56 Å². The van der Waals surface area contributed by atoms with E-state index in [2.05, 4.69) is 10.1 Å². The van der Waals surface area contributed by atoms with E-state index in [9.17, 15) is 9.59 Å². The van der Waals surface area contributed by atoms with Crippen molar-refractivity contribution >= 4 is 17.6 Å². The van der Waals surface area contributed by atoms with Gasteiger partial charge in [-0.2, -0.15) is 0 Å². The summed E-state index contributed by atoms with van der Waals surface area (Å²) in [6, 6.07) is 11.9. The first-order valence-corrected chi connectivity index (χ1v) is 7.26. The highest BCUT2D eigenvalue weighted by atomic mass is 16.5. The predicted molar refractivity (Wildman–Crippen MR) is 89.7 cm³/mol. The van der Waals surface area contributed by atoms with Crippen LogP contribution in [0, 0.1) is 0 Å². The van der Waals surface area contributed by atoms with E-state index in [1.807, 2.05) is 0 Å². The van der Waals surface area contributed by atoms with Gasteiger partial charge in [-0.25, -0.2) is 0 Å². The van der Waals surface area contributed by atoms with E-state index in [-0.39, 0.29) is 18.3 Å². The Labute approximate surface area is 140 Å². The molecule has 0 spiro atoms. The molecule has 24 heavy (non-hydrogen) atoms. The van der Waals surface area contributed by atoms with E-state index in [1.54, 1.807) is 42.5 Å². The molecule has 2 aromatic rings. The third-order valence-electron chi connectivity index (χ3n) is 3.40. The molecule has 6 nitrogen and oxygen atoms in total. The number of rotatable bonds is 6. The number of hydrogen-bond acceptors (Lipinski definition) is 5. The minimum Gasteiger partial charge on any atom is -0.497 e. The molecule has 1 amide bonds. The minimum atomic E-state index is -0.310. The van der Waals surface area contributed by atoms with Gasteiger partial charge in [-0.05, 0) is 29.8 Å². The Balaban J connectivity index is 2.10. The monoisotopic (exact) mass is 329 g/mol. The number of ether oxygens (including phenoxy) is 3. The highest BCUT2D eigenvalue weighted by molar-refractivity contribution is 6.04. The van der Waals surface area contributed by atoms with Crippen molar-refractivity contribution in [3.8, 4) is 11.5 Å². The summed E-state index contributed by atoms with van der Waals surface area (Å²) in [5, 5.41) is 2.79. The van der Waals surface area contributed by atoms with Gasteiger partial charge in [0.1, 0.15) is 11.5 Å². The average molecular weight is 329 g/mol. The molecule has 1 N–H and O–H groups in total. The first-order chi connectivity index (χ1) is 11.5. The van der Waals surface area contributed by atoms with Gasteiger partial charge in [0.05, 0.1) is 27.8 Å². The quantitative estimate of drug-likeness (QED) is 0.825. The van der Waals surface area contributed by atoms with Crippen molar-refractivity contribution in [2.24, 2.45) is 0 Å². The molecule has 0 radical (unpaired) electrons. The Morgan fingerprint density at radius 2 is 1.50 bits per heavy atom. The largest absolute Gasteiger partial charge is 0.497 e. The number of amides is 1. The van der Waals surface area contributed by atoms with Crippen molar-refractivity contribution in [3.63, 3.8) is 0 Å². The minimum absolute atomic E-state index is 0.192. The maximum atomic E-state index is 12.4. The summed E-state index contributed by atoms with van der Waals surface area (Å²) >= 11 is 0. The fraction of sp³-hybridized carbons (Fsp3) is 0.222. The average Bonchev–Trinajstić information content (AvgIpc) is 2.62. The van der Waals surface area contributed by atoms with Crippen LogP contribution in [0.1, 0.15) is 15.9 Å². The Bertz CT molecular complexity index is 702. The van der Waals surface area contributed by atoms with Crippen LogP contribution >= 0.6 is 0 Å². The maximum Gasteiger partial charge on any atom is 0.309 e. The molecule has 6 heteroatoms. The van der Waals surface area contributed by atoms with Crippen LogP contribution in [0.3, 0.4) is 0 Å². The fourth-order valence-corrected chi connectivity index (χ4v) is 2.09. The number of hydrogen-bond donors (Lipinski definition) is 1. The van der Waals surface area contributed by atoms with Crippen LogP contribution in [-0.2, 0) is 16.0 Å². The van der Waals surface area contributed by atoms with Gasteiger partial charge in [-0.15, -0.1) is 0 Å². The summed E-state index contributed by atoms with van der Waals surface area (Å²) < 4.78 is 14.9. The normalized spacial score (nSPS) is 9.96. The third-order valence-corrected chi connectivity index (χ3v) is 3.40. The molecule has 0 aliphatic carbocycles. The lowest BCUT2D eigenvalue weighted by molar-refractivity contribution is -0.139. The van der Waals surface area contributed by atoms with Crippen LogP contribution in [0.25, 0.3) is 0 Å². The zero-order valence-electron chi connectivity index (χ0n) is 13.8. The van der Waals surface area contributed by atoms with E-state index < -0.39 is 0 Å². The smallest absolute Gasteiger partial charge is 0.309 e. The Morgan fingerprint density at radius 3 is 2.00 bits per heavy atom. The zero-order chi connectivity index (χ0) is 17.5. The number of carbonyl (C=O) groups is 2. The summed E-state index contributed by atoms with van der Waals surface area (Å²) in [6.07, 6.45) is 0.192. The fourth-order valence-electron chi connectivity index (χ4n) is 2.09. The van der Waals surface area contributed by atoms with Crippen LogP contribution in [0.2, 0.25) is 0 Å². The van der Waals surface area contributed by atoms with Crippen molar-refractivity contribution in [2.45, 2.75) is 6.42 Å². The SMILES string of the molecule is COC(=O)Cc1ccc(NC(=O)c2cc(OC)cc(OC)c2)cc1. The van der Waals surface area contributed by atoms with Gasteiger partial charge in [-0.1, -0.05) is 12.1 Å². The Morgan fingerprint density at radius 1 is 0.917 bits per heavy atom. The molecule has 0 unspecified atom stereocenters. The second-order valence-corrected chi connectivity index (χ2v) is 5.01. The van der Waals surface area contributed by atoms with Crippen molar-refractivity contribution in [1.29, 1.82) is 0 Å². The molecule has 2 rings (SSSR count). The van der Waals surface area contributed by atoms with Crippen LogP contribution in [0.4, 0.5) is 5.69 Å². The van der Waals surface area contributed by atoms with Gasteiger partial charge < -0.3 is 19.5 Å². The van der Waals surface area contributed by atoms with Crippen molar-refractivity contribution < 1.29 is 23.8 Å². The molecule has 0 aliphatic rings. The summed E-state index contributed by atoms with van der Waals surface area (Å²) in [7, 11) is 4.40. The highest BCUT2D eigenvalue weighted by Crippen LogP contribution is 2.23. The first kappa shape index (κ1) is 17.3. The maximum absolute atomic E-state index is 12.4. The molecular weight excluding hydrogens is 310 g/mol. The predicted octanol–water partition coefficient (Wildman–Crippen LogP) is 2.67. The van der Waals surface area contributed by atoms with Gasteiger partial charge in [-0.3, -0.25) is 9.59 Å². The number of benzene rings is 2. The lowest BCUT2D eigenvalue weighted by Crippen LogP contribution is -2.12. The van der Waals surface area contributed by atoms with E-state index >= 15 is 0 Å². The lowest BCUT2D eigenvalue weighted by Gasteiger charge is -2.09. The van der Waals surface area contributed by atoms with Crippen LogP contribution in [0.15, 0.2) is 42.5 Å². The van der Waals surface area contributed by atoms with Gasteiger partial charge in [0.25, 0.3) is 5.91 Å². The molecule has 0 bridgehead atoms. The Kier molecular flexibility index (Phi) is 5.78. The van der Waals surface area contributed by atoms with E-state index in [1.165, 1.54) is 21.3 Å². The summed E-state index contributed by atoms with van der Waals surface area (Å²) in [5.41, 5.74) is 1.85. The zero-order valence-corrected chi connectivity index (χ0v) is 13.8.